The summed E-state index contributed by atoms with van der Waals surface area (Å²) in [6.45, 7) is 3.04. The molecule has 0 bridgehead atoms. The average molecular weight is 335 g/mol. The third-order valence-electron chi connectivity index (χ3n) is 3.21. The molecular weight excluding hydrogens is 308 g/mol. The lowest BCUT2D eigenvalue weighted by Crippen LogP contribution is -2.24. The first-order valence-electron chi connectivity index (χ1n) is 7.33. The van der Waals surface area contributed by atoms with Gasteiger partial charge in [0.1, 0.15) is 0 Å². The minimum Gasteiger partial charge on any atom is -0.390 e. The molecule has 0 spiro atoms. The molecule has 0 atom stereocenters. The second-order valence-corrected chi connectivity index (χ2v) is 7.72. The van der Waals surface area contributed by atoms with E-state index in [1.165, 1.54) is 0 Å². The summed E-state index contributed by atoms with van der Waals surface area (Å²) in [7, 11) is -3.47. The molecule has 0 unspecified atom stereocenters. The van der Waals surface area contributed by atoms with E-state index in [2.05, 4.69) is 11.0 Å². The third kappa shape index (κ3) is 6.02. The first-order chi connectivity index (χ1) is 10.0. The van der Waals surface area contributed by atoms with Gasteiger partial charge in [0, 0.05) is 25.0 Å². The maximum absolute atomic E-state index is 12.2. The fraction of sp³-hybridized carbons (Fsp3) is 0.714. The van der Waals surface area contributed by atoms with Crippen LogP contribution in [-0.2, 0) is 23.2 Å². The zero-order chi connectivity index (χ0) is 15.7. The Balaban J connectivity index is 2.57. The molecule has 0 amide bonds. The number of thioether (sulfide) groups is 1. The highest BCUT2D eigenvalue weighted by Gasteiger charge is 2.17. The van der Waals surface area contributed by atoms with Crippen LogP contribution in [0.1, 0.15) is 38.3 Å². The van der Waals surface area contributed by atoms with Crippen molar-refractivity contribution >= 4 is 21.8 Å². The van der Waals surface area contributed by atoms with Gasteiger partial charge in [-0.15, -0.1) is 0 Å². The highest BCUT2D eigenvalue weighted by Crippen LogP contribution is 2.15. The summed E-state index contributed by atoms with van der Waals surface area (Å²) in [5, 5.41) is 9.28. The van der Waals surface area contributed by atoms with Gasteiger partial charge in [-0.3, -0.25) is 0 Å². The molecule has 7 heteroatoms. The molecule has 1 heterocycles. The van der Waals surface area contributed by atoms with Gasteiger partial charge in [0.2, 0.25) is 10.0 Å². The Hall–Kier alpha value is -0.500. The summed E-state index contributed by atoms with van der Waals surface area (Å²) in [6.07, 6.45) is 7.56. The number of aliphatic hydroxyl groups excluding tert-OH is 1. The summed E-state index contributed by atoms with van der Waals surface area (Å²) in [5.74, 6) is 1.12. The van der Waals surface area contributed by atoms with Crippen LogP contribution in [-0.4, -0.2) is 36.6 Å². The van der Waals surface area contributed by atoms with Crippen molar-refractivity contribution in [1.29, 1.82) is 0 Å². The van der Waals surface area contributed by atoms with E-state index in [4.69, 9.17) is 0 Å². The Kier molecular flexibility index (Phi) is 8.39. The number of aryl methyl sites for hydroxylation is 1. The minimum absolute atomic E-state index is 0.149. The van der Waals surface area contributed by atoms with E-state index in [0.29, 0.717) is 18.8 Å². The highest BCUT2D eigenvalue weighted by atomic mass is 32.2. The van der Waals surface area contributed by atoms with Crippen LogP contribution in [0.2, 0.25) is 0 Å². The Labute approximate surface area is 132 Å². The minimum atomic E-state index is -3.47. The molecule has 2 N–H and O–H groups in total. The smallest absolute Gasteiger partial charge is 0.242 e. The predicted octanol–water partition coefficient (Wildman–Crippen LogP) is 2.20. The van der Waals surface area contributed by atoms with E-state index < -0.39 is 10.0 Å². The van der Waals surface area contributed by atoms with Gasteiger partial charge >= 0.3 is 0 Å². The van der Waals surface area contributed by atoms with E-state index in [0.717, 1.165) is 31.4 Å². The summed E-state index contributed by atoms with van der Waals surface area (Å²) in [4.78, 5) is 0.240. The molecular formula is C14H26N2O3S2. The number of unbranched alkanes of at least 4 members (excludes halogenated alkanes) is 2. The van der Waals surface area contributed by atoms with Crippen molar-refractivity contribution in [3.8, 4) is 0 Å². The molecule has 0 aliphatic carbocycles. The number of nitrogens with zero attached hydrogens (tertiary/aromatic N) is 1. The molecule has 1 aromatic heterocycles. The molecule has 5 nitrogen and oxygen atoms in total. The maximum atomic E-state index is 12.2. The molecule has 0 saturated heterocycles. The lowest BCUT2D eigenvalue weighted by Gasteiger charge is -2.05. The fourth-order valence-electron chi connectivity index (χ4n) is 2.09. The number of hydrogen-bond acceptors (Lipinski definition) is 4. The van der Waals surface area contributed by atoms with Gasteiger partial charge in [-0.25, -0.2) is 13.1 Å². The number of hydrogen-bond donors (Lipinski definition) is 2. The van der Waals surface area contributed by atoms with Gasteiger partial charge in [0.25, 0.3) is 0 Å². The molecule has 1 rings (SSSR count). The second kappa shape index (κ2) is 9.50. The lowest BCUT2D eigenvalue weighted by molar-refractivity contribution is 0.270. The Bertz CT molecular complexity index is 512. The monoisotopic (exact) mass is 334 g/mol. The van der Waals surface area contributed by atoms with Gasteiger partial charge in [0.05, 0.1) is 11.5 Å². The van der Waals surface area contributed by atoms with E-state index >= 15 is 0 Å². The Morgan fingerprint density at radius 1 is 1.33 bits per heavy atom. The molecule has 0 aromatic carbocycles. The first-order valence-corrected chi connectivity index (χ1v) is 10.2. The molecule has 1 aromatic rings. The molecule has 0 aliphatic heterocycles. The highest BCUT2D eigenvalue weighted by molar-refractivity contribution is 7.98. The van der Waals surface area contributed by atoms with Crippen LogP contribution in [0.3, 0.4) is 0 Å². The molecule has 122 valence electrons. The summed E-state index contributed by atoms with van der Waals surface area (Å²) >= 11 is 1.81. The molecule has 0 fully saturated rings. The molecule has 0 saturated carbocycles. The summed E-state index contributed by atoms with van der Waals surface area (Å²) in [6, 6.07) is 1.55. The maximum Gasteiger partial charge on any atom is 0.242 e. The van der Waals surface area contributed by atoms with E-state index in [1.54, 1.807) is 16.8 Å². The van der Waals surface area contributed by atoms with Gasteiger partial charge in [-0.2, -0.15) is 11.8 Å². The van der Waals surface area contributed by atoms with Crippen molar-refractivity contribution in [1.82, 2.24) is 9.29 Å². The third-order valence-corrected chi connectivity index (χ3v) is 5.34. The number of rotatable bonds is 11. The largest absolute Gasteiger partial charge is 0.390 e. The molecule has 21 heavy (non-hydrogen) atoms. The normalized spacial score (nSPS) is 12.0. The topological polar surface area (TPSA) is 71.3 Å². The van der Waals surface area contributed by atoms with Gasteiger partial charge in [-0.05, 0) is 37.3 Å². The average Bonchev–Trinajstić information content (AvgIpc) is 2.87. The quantitative estimate of drug-likeness (QED) is 0.609. The van der Waals surface area contributed by atoms with Crippen LogP contribution in [0.5, 0.6) is 0 Å². The first kappa shape index (κ1) is 18.5. The zero-order valence-electron chi connectivity index (χ0n) is 12.8. The lowest BCUT2D eigenvalue weighted by atomic mass is 10.2. The molecule has 0 aliphatic rings. The number of aliphatic hydroxyl groups is 1. The zero-order valence-corrected chi connectivity index (χ0v) is 14.5. The summed E-state index contributed by atoms with van der Waals surface area (Å²) < 4.78 is 28.8. The SMILES string of the molecule is CCCn1cc(S(=O)(=O)NCCCCCSC)cc1CO. The van der Waals surface area contributed by atoms with Crippen molar-refractivity contribution in [2.24, 2.45) is 0 Å². The van der Waals surface area contributed by atoms with Crippen molar-refractivity contribution in [3.63, 3.8) is 0 Å². The van der Waals surface area contributed by atoms with Crippen LogP contribution in [0.4, 0.5) is 0 Å². The van der Waals surface area contributed by atoms with Gasteiger partial charge in [-0.1, -0.05) is 13.3 Å². The van der Waals surface area contributed by atoms with Crippen LogP contribution in [0.25, 0.3) is 0 Å². The predicted molar refractivity (Wildman–Crippen MR) is 88.1 cm³/mol. The summed E-state index contributed by atoms with van der Waals surface area (Å²) in [5.41, 5.74) is 0.636. The fourth-order valence-corrected chi connectivity index (χ4v) is 3.72. The van der Waals surface area contributed by atoms with Gasteiger partial charge < -0.3 is 9.67 Å². The van der Waals surface area contributed by atoms with Crippen LogP contribution in [0, 0.1) is 0 Å². The number of nitrogens with one attached hydrogen (secondary N) is 1. The number of sulfonamides is 1. The van der Waals surface area contributed by atoms with E-state index in [1.807, 2.05) is 18.7 Å². The van der Waals surface area contributed by atoms with Crippen molar-refractivity contribution < 1.29 is 13.5 Å². The standard InChI is InChI=1S/C14H26N2O3S2/c1-3-8-16-11-14(10-13(16)12-17)21(18,19)15-7-5-4-6-9-20-2/h10-11,15,17H,3-9,12H2,1-2H3. The van der Waals surface area contributed by atoms with Crippen molar-refractivity contribution in [2.75, 3.05) is 18.6 Å². The second-order valence-electron chi connectivity index (χ2n) is 4.97. The van der Waals surface area contributed by atoms with E-state index in [-0.39, 0.29) is 11.5 Å². The molecule has 0 radical (unpaired) electrons. The van der Waals surface area contributed by atoms with Crippen LogP contribution < -0.4 is 4.72 Å². The van der Waals surface area contributed by atoms with E-state index in [9.17, 15) is 13.5 Å². The van der Waals surface area contributed by atoms with Crippen molar-refractivity contribution in [2.45, 2.75) is 50.7 Å². The van der Waals surface area contributed by atoms with Crippen LogP contribution >= 0.6 is 11.8 Å². The van der Waals surface area contributed by atoms with Gasteiger partial charge in [0.15, 0.2) is 0 Å². The van der Waals surface area contributed by atoms with Crippen molar-refractivity contribution in [3.05, 3.63) is 18.0 Å². The van der Waals surface area contributed by atoms with Crippen LogP contribution in [0.15, 0.2) is 17.2 Å². The Morgan fingerprint density at radius 2 is 2.10 bits per heavy atom. The Morgan fingerprint density at radius 3 is 2.71 bits per heavy atom. The number of aromatic nitrogens is 1.